The lowest BCUT2D eigenvalue weighted by Crippen LogP contribution is -2.26. The molecule has 116 valence electrons. The largest absolute Gasteiger partial charge is 0.418 e. The highest BCUT2D eigenvalue weighted by molar-refractivity contribution is 6.00. The summed E-state index contributed by atoms with van der Waals surface area (Å²) in [5.41, 5.74) is -0.905. The molecule has 1 amide bonds. The molecule has 0 saturated heterocycles. The van der Waals surface area contributed by atoms with Gasteiger partial charge in [0, 0.05) is 13.1 Å². The van der Waals surface area contributed by atoms with E-state index in [9.17, 15) is 18.0 Å². The van der Waals surface area contributed by atoms with Gasteiger partial charge in [-0.1, -0.05) is 18.9 Å². The first-order valence-electron chi connectivity index (χ1n) is 7.15. The lowest BCUT2D eigenvalue weighted by atomic mass is 10.1. The molecule has 1 aromatic rings. The number of rotatable bonds is 6. The van der Waals surface area contributed by atoms with E-state index in [0.29, 0.717) is 19.0 Å². The Morgan fingerprint density at radius 3 is 2.62 bits per heavy atom. The van der Waals surface area contributed by atoms with Gasteiger partial charge in [-0.2, -0.15) is 13.2 Å². The summed E-state index contributed by atoms with van der Waals surface area (Å²) in [5, 5.41) is 5.36. The van der Waals surface area contributed by atoms with E-state index in [1.54, 1.807) is 6.92 Å². The Balaban J connectivity index is 2.17. The molecule has 0 radical (unpaired) electrons. The third-order valence-electron chi connectivity index (χ3n) is 3.50. The van der Waals surface area contributed by atoms with Crippen molar-refractivity contribution in [3.63, 3.8) is 0 Å². The number of halogens is 3. The summed E-state index contributed by atoms with van der Waals surface area (Å²) in [5.74, 6) is 0.206. The molecular formula is C15H19F3N2O. The van der Waals surface area contributed by atoms with Crippen molar-refractivity contribution in [1.82, 2.24) is 5.32 Å². The van der Waals surface area contributed by atoms with Crippen LogP contribution in [0.5, 0.6) is 0 Å². The predicted molar refractivity (Wildman–Crippen MR) is 75.3 cm³/mol. The zero-order valence-electron chi connectivity index (χ0n) is 11.9. The second-order valence-electron chi connectivity index (χ2n) is 5.24. The van der Waals surface area contributed by atoms with Crippen molar-refractivity contribution < 1.29 is 18.0 Å². The van der Waals surface area contributed by atoms with E-state index in [-0.39, 0.29) is 11.3 Å². The Labute approximate surface area is 121 Å². The molecule has 21 heavy (non-hydrogen) atoms. The van der Waals surface area contributed by atoms with Crippen molar-refractivity contribution in [2.24, 2.45) is 5.92 Å². The lowest BCUT2D eigenvalue weighted by Gasteiger charge is -2.17. The van der Waals surface area contributed by atoms with E-state index < -0.39 is 17.6 Å². The number of carbonyl (C=O) groups excluding carboxylic acids is 1. The van der Waals surface area contributed by atoms with Gasteiger partial charge in [-0.25, -0.2) is 0 Å². The predicted octanol–water partition coefficient (Wildman–Crippen LogP) is 3.67. The first-order valence-corrected chi connectivity index (χ1v) is 7.15. The highest BCUT2D eigenvalue weighted by atomic mass is 19.4. The Kier molecular flexibility index (Phi) is 4.75. The number of anilines is 1. The lowest BCUT2D eigenvalue weighted by molar-refractivity contribution is -0.137. The number of carbonyl (C=O) groups is 1. The van der Waals surface area contributed by atoms with E-state index in [2.05, 4.69) is 10.6 Å². The SMILES string of the molecule is CCNc1c(C(=O)NCCC2CC2)cccc1C(F)(F)F. The molecule has 1 fully saturated rings. The number of para-hydroxylation sites is 1. The number of hydrogen-bond donors (Lipinski definition) is 2. The van der Waals surface area contributed by atoms with Crippen LogP contribution in [0.2, 0.25) is 0 Å². The van der Waals surface area contributed by atoms with Crippen LogP contribution >= 0.6 is 0 Å². The van der Waals surface area contributed by atoms with Gasteiger partial charge < -0.3 is 10.6 Å². The Hall–Kier alpha value is -1.72. The minimum atomic E-state index is -4.48. The molecule has 0 heterocycles. The number of hydrogen-bond acceptors (Lipinski definition) is 2. The highest BCUT2D eigenvalue weighted by Gasteiger charge is 2.35. The summed E-state index contributed by atoms with van der Waals surface area (Å²) in [4.78, 5) is 12.1. The quantitative estimate of drug-likeness (QED) is 0.841. The maximum atomic E-state index is 13.0. The van der Waals surface area contributed by atoms with Crippen molar-refractivity contribution in [3.8, 4) is 0 Å². The average Bonchev–Trinajstić information content (AvgIpc) is 3.22. The van der Waals surface area contributed by atoms with E-state index in [0.717, 1.165) is 12.5 Å². The van der Waals surface area contributed by atoms with Gasteiger partial charge in [0.25, 0.3) is 5.91 Å². The summed E-state index contributed by atoms with van der Waals surface area (Å²) in [6, 6.07) is 3.66. The van der Waals surface area contributed by atoms with E-state index in [4.69, 9.17) is 0 Å². The number of alkyl halides is 3. The van der Waals surface area contributed by atoms with Gasteiger partial charge >= 0.3 is 6.18 Å². The van der Waals surface area contributed by atoms with Crippen LogP contribution in [0, 0.1) is 5.92 Å². The molecule has 0 unspecified atom stereocenters. The molecule has 3 nitrogen and oxygen atoms in total. The second kappa shape index (κ2) is 6.37. The molecule has 1 aliphatic rings. The van der Waals surface area contributed by atoms with Crippen LogP contribution in [0.4, 0.5) is 18.9 Å². The number of amides is 1. The van der Waals surface area contributed by atoms with Crippen molar-refractivity contribution in [2.75, 3.05) is 18.4 Å². The standard InChI is InChI=1S/C15H19F3N2O/c1-2-19-13-11(4-3-5-12(13)15(16,17)18)14(21)20-9-8-10-6-7-10/h3-5,10,19H,2,6-9H2,1H3,(H,20,21). The molecular weight excluding hydrogens is 281 g/mol. The summed E-state index contributed by atoms with van der Waals surface area (Å²) >= 11 is 0. The summed E-state index contributed by atoms with van der Waals surface area (Å²) in [6.45, 7) is 2.52. The topological polar surface area (TPSA) is 41.1 Å². The van der Waals surface area contributed by atoms with Crippen molar-refractivity contribution >= 4 is 11.6 Å². The van der Waals surface area contributed by atoms with Gasteiger partial charge in [0.15, 0.2) is 0 Å². The molecule has 1 aromatic carbocycles. The minimum Gasteiger partial charge on any atom is -0.384 e. The minimum absolute atomic E-state index is 0.0440. The maximum Gasteiger partial charge on any atom is 0.418 e. The van der Waals surface area contributed by atoms with Crippen LogP contribution in [-0.4, -0.2) is 19.0 Å². The van der Waals surface area contributed by atoms with Crippen LogP contribution in [0.3, 0.4) is 0 Å². The maximum absolute atomic E-state index is 13.0. The van der Waals surface area contributed by atoms with Crippen molar-refractivity contribution in [1.29, 1.82) is 0 Å². The average molecular weight is 300 g/mol. The van der Waals surface area contributed by atoms with Gasteiger partial charge in [-0.05, 0) is 31.4 Å². The van der Waals surface area contributed by atoms with E-state index >= 15 is 0 Å². The van der Waals surface area contributed by atoms with E-state index in [1.165, 1.54) is 25.0 Å². The van der Waals surface area contributed by atoms with Crippen LogP contribution < -0.4 is 10.6 Å². The normalized spacial score (nSPS) is 14.9. The summed E-state index contributed by atoms with van der Waals surface area (Å²) < 4.78 is 39.0. The fourth-order valence-corrected chi connectivity index (χ4v) is 2.24. The monoisotopic (exact) mass is 300 g/mol. The van der Waals surface area contributed by atoms with Crippen molar-refractivity contribution in [2.45, 2.75) is 32.4 Å². The van der Waals surface area contributed by atoms with Crippen molar-refractivity contribution in [3.05, 3.63) is 29.3 Å². The first-order chi connectivity index (χ1) is 9.93. The molecule has 1 saturated carbocycles. The number of benzene rings is 1. The molecule has 0 aliphatic heterocycles. The van der Waals surface area contributed by atoms with Gasteiger partial charge in [0.05, 0.1) is 16.8 Å². The molecule has 0 spiro atoms. The molecule has 6 heteroatoms. The molecule has 2 rings (SSSR count). The van der Waals surface area contributed by atoms with Crippen LogP contribution in [0.25, 0.3) is 0 Å². The third kappa shape index (κ3) is 4.12. The van der Waals surface area contributed by atoms with E-state index in [1.807, 2.05) is 0 Å². The molecule has 0 bridgehead atoms. The van der Waals surface area contributed by atoms with Crippen LogP contribution in [-0.2, 0) is 6.18 Å². The van der Waals surface area contributed by atoms with Gasteiger partial charge in [-0.3, -0.25) is 4.79 Å². The first kappa shape index (κ1) is 15.7. The Bertz CT molecular complexity index is 510. The fourth-order valence-electron chi connectivity index (χ4n) is 2.24. The molecule has 0 aromatic heterocycles. The molecule has 0 atom stereocenters. The Morgan fingerprint density at radius 1 is 1.33 bits per heavy atom. The second-order valence-corrected chi connectivity index (χ2v) is 5.24. The Morgan fingerprint density at radius 2 is 2.05 bits per heavy atom. The fraction of sp³-hybridized carbons (Fsp3) is 0.533. The van der Waals surface area contributed by atoms with Crippen LogP contribution in [0.1, 0.15) is 42.1 Å². The molecule has 2 N–H and O–H groups in total. The van der Waals surface area contributed by atoms with Gasteiger partial charge in [0.1, 0.15) is 0 Å². The smallest absolute Gasteiger partial charge is 0.384 e. The zero-order chi connectivity index (χ0) is 15.5. The third-order valence-corrected chi connectivity index (χ3v) is 3.50. The zero-order valence-corrected chi connectivity index (χ0v) is 11.9. The van der Waals surface area contributed by atoms with Gasteiger partial charge in [0.2, 0.25) is 0 Å². The number of nitrogens with one attached hydrogen (secondary N) is 2. The molecule has 1 aliphatic carbocycles. The van der Waals surface area contributed by atoms with Gasteiger partial charge in [-0.15, -0.1) is 0 Å². The summed E-state index contributed by atoms with van der Waals surface area (Å²) in [7, 11) is 0. The van der Waals surface area contributed by atoms with Crippen LogP contribution in [0.15, 0.2) is 18.2 Å². The summed E-state index contributed by atoms with van der Waals surface area (Å²) in [6.07, 6.45) is -1.23. The highest BCUT2D eigenvalue weighted by Crippen LogP contribution is 2.36.